The second-order valence-corrected chi connectivity index (χ2v) is 10.3. The van der Waals surface area contributed by atoms with E-state index < -0.39 is 21.6 Å². The molecular weight excluding hydrogens is 442 g/mol. The molecule has 2 aromatic carbocycles. The van der Waals surface area contributed by atoms with Gasteiger partial charge in [0.05, 0.1) is 27.6 Å². The Balaban J connectivity index is 1.74. The predicted octanol–water partition coefficient (Wildman–Crippen LogP) is 2.68. The highest BCUT2D eigenvalue weighted by Gasteiger charge is 2.28. The SMILES string of the molecule is CC(C)n1c(=O)n(CC(=O)Nc2cccc(C#N)c2)c2cc(S(=O)(=O)N3CCCC3)ccc21. The van der Waals surface area contributed by atoms with E-state index in [0.717, 1.165) is 12.8 Å². The molecule has 0 aliphatic carbocycles. The number of nitrogens with one attached hydrogen (secondary N) is 1. The monoisotopic (exact) mass is 467 g/mol. The fraction of sp³-hybridized carbons (Fsp3) is 0.348. The maximum atomic E-state index is 13.2. The first-order valence-corrected chi connectivity index (χ1v) is 12.2. The van der Waals surface area contributed by atoms with Crippen LogP contribution in [0.25, 0.3) is 11.0 Å². The number of sulfonamides is 1. The van der Waals surface area contributed by atoms with Gasteiger partial charge in [-0.05, 0) is 63.1 Å². The molecule has 0 radical (unpaired) electrons. The van der Waals surface area contributed by atoms with Gasteiger partial charge in [-0.25, -0.2) is 13.2 Å². The molecule has 1 aliphatic rings. The largest absolute Gasteiger partial charge is 0.329 e. The number of anilines is 1. The van der Waals surface area contributed by atoms with Crippen molar-refractivity contribution >= 4 is 32.7 Å². The van der Waals surface area contributed by atoms with Crippen molar-refractivity contribution in [1.82, 2.24) is 13.4 Å². The Morgan fingerprint density at radius 1 is 1.12 bits per heavy atom. The molecule has 0 spiro atoms. The van der Waals surface area contributed by atoms with Gasteiger partial charge in [0.15, 0.2) is 0 Å². The third kappa shape index (κ3) is 4.29. The summed E-state index contributed by atoms with van der Waals surface area (Å²) in [5.74, 6) is -0.456. The molecule has 1 amide bonds. The summed E-state index contributed by atoms with van der Waals surface area (Å²) in [6.07, 6.45) is 1.65. The number of hydrogen-bond acceptors (Lipinski definition) is 5. The molecule has 10 heteroatoms. The lowest BCUT2D eigenvalue weighted by Gasteiger charge is -2.16. The average molecular weight is 468 g/mol. The normalized spacial score (nSPS) is 14.6. The lowest BCUT2D eigenvalue weighted by atomic mass is 10.2. The Labute approximate surface area is 191 Å². The van der Waals surface area contributed by atoms with Crippen molar-refractivity contribution in [2.24, 2.45) is 0 Å². The molecule has 0 unspecified atom stereocenters. The number of aromatic nitrogens is 2. The number of imidazole rings is 1. The number of amides is 1. The highest BCUT2D eigenvalue weighted by atomic mass is 32.2. The topological polar surface area (TPSA) is 117 Å². The Morgan fingerprint density at radius 3 is 2.52 bits per heavy atom. The van der Waals surface area contributed by atoms with Crippen LogP contribution in [0.1, 0.15) is 38.3 Å². The summed E-state index contributed by atoms with van der Waals surface area (Å²) in [4.78, 5) is 26.0. The lowest BCUT2D eigenvalue weighted by molar-refractivity contribution is -0.116. The molecule has 0 bridgehead atoms. The Hall–Kier alpha value is -3.42. The molecule has 1 aromatic heterocycles. The first-order chi connectivity index (χ1) is 15.7. The molecule has 3 aromatic rings. The Kier molecular flexibility index (Phi) is 6.10. The van der Waals surface area contributed by atoms with Gasteiger partial charge in [-0.2, -0.15) is 9.57 Å². The van der Waals surface area contributed by atoms with E-state index in [-0.39, 0.29) is 17.5 Å². The van der Waals surface area contributed by atoms with E-state index >= 15 is 0 Å². The number of nitrogens with zero attached hydrogens (tertiary/aromatic N) is 4. The number of hydrogen-bond donors (Lipinski definition) is 1. The summed E-state index contributed by atoms with van der Waals surface area (Å²) in [6, 6.07) is 12.9. The number of carbonyl (C=O) groups excluding carboxylic acids is 1. The van der Waals surface area contributed by atoms with E-state index in [1.54, 1.807) is 34.9 Å². The smallest absolute Gasteiger partial charge is 0.324 e. The zero-order valence-electron chi connectivity index (χ0n) is 18.5. The van der Waals surface area contributed by atoms with Crippen LogP contribution in [0.3, 0.4) is 0 Å². The van der Waals surface area contributed by atoms with E-state index in [1.807, 2.05) is 19.9 Å². The number of benzene rings is 2. The van der Waals surface area contributed by atoms with Gasteiger partial charge in [-0.3, -0.25) is 13.9 Å². The van der Waals surface area contributed by atoms with Crippen LogP contribution in [-0.2, 0) is 21.4 Å². The maximum absolute atomic E-state index is 13.2. The molecular formula is C23H25N5O4S. The van der Waals surface area contributed by atoms with E-state index in [2.05, 4.69) is 5.32 Å². The van der Waals surface area contributed by atoms with E-state index in [0.29, 0.717) is 35.4 Å². The molecule has 2 heterocycles. The summed E-state index contributed by atoms with van der Waals surface area (Å²) >= 11 is 0. The van der Waals surface area contributed by atoms with E-state index in [1.165, 1.54) is 21.0 Å². The van der Waals surface area contributed by atoms with Gasteiger partial charge >= 0.3 is 5.69 Å². The number of carbonyl (C=O) groups is 1. The highest BCUT2D eigenvalue weighted by molar-refractivity contribution is 7.89. The summed E-state index contributed by atoms with van der Waals surface area (Å²) < 4.78 is 30.4. The first-order valence-electron chi connectivity index (χ1n) is 10.8. The second-order valence-electron chi connectivity index (χ2n) is 8.33. The van der Waals surface area contributed by atoms with Crippen molar-refractivity contribution in [2.45, 2.75) is 44.2 Å². The molecule has 9 nitrogen and oxygen atoms in total. The van der Waals surface area contributed by atoms with Crippen molar-refractivity contribution in [1.29, 1.82) is 5.26 Å². The highest BCUT2D eigenvalue weighted by Crippen LogP contribution is 2.25. The second kappa shape index (κ2) is 8.84. The molecule has 4 rings (SSSR count). The van der Waals surface area contributed by atoms with Crippen LogP contribution in [0.15, 0.2) is 52.2 Å². The van der Waals surface area contributed by atoms with Crippen molar-refractivity contribution in [3.05, 3.63) is 58.5 Å². The predicted molar refractivity (Wildman–Crippen MR) is 124 cm³/mol. The Morgan fingerprint density at radius 2 is 1.85 bits per heavy atom. The van der Waals surface area contributed by atoms with Gasteiger partial charge in [0.25, 0.3) is 0 Å². The summed E-state index contributed by atoms with van der Waals surface area (Å²) in [6.45, 7) is 4.37. The number of fused-ring (bicyclic) bond motifs is 1. The van der Waals surface area contributed by atoms with Crippen LogP contribution in [0.4, 0.5) is 5.69 Å². The fourth-order valence-electron chi connectivity index (χ4n) is 4.16. The van der Waals surface area contributed by atoms with Crippen LogP contribution in [0.2, 0.25) is 0 Å². The Bertz CT molecular complexity index is 1420. The van der Waals surface area contributed by atoms with Gasteiger partial charge in [0.2, 0.25) is 15.9 Å². The molecule has 1 saturated heterocycles. The fourth-order valence-corrected chi connectivity index (χ4v) is 5.70. The zero-order valence-corrected chi connectivity index (χ0v) is 19.3. The van der Waals surface area contributed by atoms with E-state index in [4.69, 9.17) is 5.26 Å². The third-order valence-electron chi connectivity index (χ3n) is 5.73. The molecule has 172 valence electrons. The van der Waals surface area contributed by atoms with Crippen LogP contribution in [0.5, 0.6) is 0 Å². The van der Waals surface area contributed by atoms with Crippen LogP contribution < -0.4 is 11.0 Å². The molecule has 0 atom stereocenters. The molecule has 1 N–H and O–H groups in total. The van der Waals surface area contributed by atoms with Gasteiger partial charge in [0, 0.05) is 24.8 Å². The van der Waals surface area contributed by atoms with Gasteiger partial charge in [-0.15, -0.1) is 0 Å². The first kappa shape index (κ1) is 22.8. The van der Waals surface area contributed by atoms with Crippen LogP contribution in [-0.4, -0.2) is 40.9 Å². The van der Waals surface area contributed by atoms with Gasteiger partial charge in [0.1, 0.15) is 6.54 Å². The average Bonchev–Trinajstić information content (AvgIpc) is 3.41. The minimum absolute atomic E-state index is 0.105. The molecule has 33 heavy (non-hydrogen) atoms. The quantitative estimate of drug-likeness (QED) is 0.598. The van der Waals surface area contributed by atoms with Crippen LogP contribution in [0, 0.1) is 11.3 Å². The van der Waals surface area contributed by atoms with Crippen LogP contribution >= 0.6 is 0 Å². The standard InChI is InChI=1S/C23H25N5O4S/c1-16(2)28-20-9-8-19(33(31,32)26-10-3-4-11-26)13-21(20)27(23(28)30)15-22(29)25-18-7-5-6-17(12-18)14-24/h5-9,12-13,16H,3-4,10-11,15H2,1-2H3,(H,25,29). The number of rotatable bonds is 6. The minimum atomic E-state index is -3.68. The minimum Gasteiger partial charge on any atom is -0.324 e. The summed E-state index contributed by atoms with van der Waals surface area (Å²) in [5.41, 5.74) is 1.40. The molecule has 1 aliphatic heterocycles. The van der Waals surface area contributed by atoms with E-state index in [9.17, 15) is 18.0 Å². The van der Waals surface area contributed by atoms with Gasteiger partial charge < -0.3 is 5.32 Å². The number of nitriles is 1. The zero-order chi connectivity index (χ0) is 23.8. The lowest BCUT2D eigenvalue weighted by Crippen LogP contribution is -2.30. The van der Waals surface area contributed by atoms with Crippen molar-refractivity contribution in [3.63, 3.8) is 0 Å². The van der Waals surface area contributed by atoms with Crippen molar-refractivity contribution in [3.8, 4) is 6.07 Å². The van der Waals surface area contributed by atoms with Crippen molar-refractivity contribution in [2.75, 3.05) is 18.4 Å². The van der Waals surface area contributed by atoms with Gasteiger partial charge in [-0.1, -0.05) is 6.07 Å². The van der Waals surface area contributed by atoms with Crippen molar-refractivity contribution < 1.29 is 13.2 Å². The molecule has 0 saturated carbocycles. The molecule has 1 fully saturated rings. The summed E-state index contributed by atoms with van der Waals surface area (Å²) in [7, 11) is -3.68. The summed E-state index contributed by atoms with van der Waals surface area (Å²) in [5, 5.41) is 11.7. The third-order valence-corrected chi connectivity index (χ3v) is 7.63. The maximum Gasteiger partial charge on any atom is 0.329 e.